The lowest BCUT2D eigenvalue weighted by Gasteiger charge is -2.04. The fourth-order valence-electron chi connectivity index (χ4n) is 1.19. The van der Waals surface area contributed by atoms with Crippen molar-refractivity contribution in [2.24, 2.45) is 0 Å². The second-order valence-electron chi connectivity index (χ2n) is 2.87. The van der Waals surface area contributed by atoms with E-state index in [1.807, 2.05) is 0 Å². The van der Waals surface area contributed by atoms with Gasteiger partial charge in [-0.3, -0.25) is 5.32 Å². The van der Waals surface area contributed by atoms with Gasteiger partial charge in [-0.25, -0.2) is 4.79 Å². The summed E-state index contributed by atoms with van der Waals surface area (Å²) >= 11 is 4.05. The highest BCUT2D eigenvalue weighted by Crippen LogP contribution is 2.15. The smallest absolute Gasteiger partial charge is 0.409 e. The van der Waals surface area contributed by atoms with Crippen molar-refractivity contribution < 1.29 is 9.90 Å². The van der Waals surface area contributed by atoms with E-state index < -0.39 is 6.09 Å². The van der Waals surface area contributed by atoms with Crippen LogP contribution in [0.1, 0.15) is 0 Å². The maximum absolute atomic E-state index is 10.5. The molecule has 0 bridgehead atoms. The number of rotatable bonds is 2. The number of tetrazole rings is 1. The molecule has 0 atom stereocenters. The summed E-state index contributed by atoms with van der Waals surface area (Å²) in [6, 6.07) is 6.66. The molecule has 82 valence electrons. The van der Waals surface area contributed by atoms with Gasteiger partial charge >= 0.3 is 6.09 Å². The van der Waals surface area contributed by atoms with E-state index in [1.165, 1.54) is 4.68 Å². The second-order valence-corrected chi connectivity index (χ2v) is 3.27. The third kappa shape index (κ3) is 2.11. The molecule has 0 spiro atoms. The molecule has 1 aromatic carbocycles. The number of hydrogen-bond donors (Lipinski definition) is 3. The molecule has 0 aliphatic carbocycles. The SMILES string of the molecule is O=C(O)Nc1cccc(-n2nnnc2S)c1. The molecule has 1 amide bonds. The van der Waals surface area contributed by atoms with E-state index in [0.29, 0.717) is 16.5 Å². The summed E-state index contributed by atoms with van der Waals surface area (Å²) < 4.78 is 1.39. The van der Waals surface area contributed by atoms with Crippen molar-refractivity contribution in [3.63, 3.8) is 0 Å². The molecule has 16 heavy (non-hydrogen) atoms. The molecule has 0 fully saturated rings. The number of benzene rings is 1. The summed E-state index contributed by atoms with van der Waals surface area (Å²) in [6.07, 6.45) is -1.13. The molecule has 0 unspecified atom stereocenters. The number of hydrogen-bond acceptors (Lipinski definition) is 5. The van der Waals surface area contributed by atoms with Gasteiger partial charge in [0.2, 0.25) is 5.16 Å². The predicted molar refractivity (Wildman–Crippen MR) is 58.1 cm³/mol. The van der Waals surface area contributed by atoms with Crippen LogP contribution in [0.5, 0.6) is 0 Å². The van der Waals surface area contributed by atoms with Crippen LogP contribution in [0.4, 0.5) is 10.5 Å². The highest BCUT2D eigenvalue weighted by atomic mass is 32.1. The number of aromatic nitrogens is 4. The zero-order valence-electron chi connectivity index (χ0n) is 7.90. The molecule has 0 aliphatic heterocycles. The average Bonchev–Trinajstić information content (AvgIpc) is 2.64. The van der Waals surface area contributed by atoms with Gasteiger partial charge in [-0.1, -0.05) is 6.07 Å². The Kier molecular flexibility index (Phi) is 2.73. The first kappa shape index (κ1) is 10.4. The van der Waals surface area contributed by atoms with E-state index in [-0.39, 0.29) is 0 Å². The lowest BCUT2D eigenvalue weighted by Crippen LogP contribution is -2.07. The number of anilines is 1. The third-order valence-electron chi connectivity index (χ3n) is 1.80. The van der Waals surface area contributed by atoms with Gasteiger partial charge < -0.3 is 5.11 Å². The predicted octanol–water partition coefficient (Wildman–Crippen LogP) is 1.04. The van der Waals surface area contributed by atoms with Crippen molar-refractivity contribution in [2.45, 2.75) is 5.16 Å². The second kappa shape index (κ2) is 4.19. The van der Waals surface area contributed by atoms with Gasteiger partial charge in [0.1, 0.15) is 0 Å². The van der Waals surface area contributed by atoms with E-state index in [2.05, 4.69) is 33.5 Å². The van der Waals surface area contributed by atoms with Crippen molar-refractivity contribution >= 4 is 24.4 Å². The molecule has 2 N–H and O–H groups in total. The van der Waals surface area contributed by atoms with Crippen molar-refractivity contribution in [1.82, 2.24) is 20.2 Å². The summed E-state index contributed by atoms with van der Waals surface area (Å²) in [5.41, 5.74) is 1.06. The molecule has 0 radical (unpaired) electrons. The van der Waals surface area contributed by atoms with E-state index in [0.717, 1.165) is 0 Å². The van der Waals surface area contributed by atoms with Crippen LogP contribution < -0.4 is 5.32 Å². The van der Waals surface area contributed by atoms with Crippen molar-refractivity contribution in [3.05, 3.63) is 24.3 Å². The van der Waals surface area contributed by atoms with Gasteiger partial charge in [-0.05, 0) is 28.6 Å². The van der Waals surface area contributed by atoms with Crippen LogP contribution in [0.2, 0.25) is 0 Å². The average molecular weight is 237 g/mol. The van der Waals surface area contributed by atoms with Crippen LogP contribution in [0.3, 0.4) is 0 Å². The lowest BCUT2D eigenvalue weighted by atomic mass is 10.3. The van der Waals surface area contributed by atoms with Crippen LogP contribution in [0.15, 0.2) is 29.4 Å². The van der Waals surface area contributed by atoms with Gasteiger partial charge in [0.25, 0.3) is 0 Å². The summed E-state index contributed by atoms with van der Waals surface area (Å²) in [6.45, 7) is 0. The van der Waals surface area contributed by atoms with Crippen LogP contribution in [0.25, 0.3) is 5.69 Å². The zero-order valence-corrected chi connectivity index (χ0v) is 8.80. The molecular weight excluding hydrogens is 230 g/mol. The Morgan fingerprint density at radius 3 is 2.94 bits per heavy atom. The molecular formula is C8H7N5O2S. The standard InChI is InChI=1S/C8H7N5O2S/c14-8(15)9-5-2-1-3-6(4-5)13-7(16)10-11-12-13/h1-4,9H,(H,14,15)(H,10,12,16). The number of nitrogens with one attached hydrogen (secondary N) is 1. The van der Waals surface area contributed by atoms with Crippen molar-refractivity contribution in [3.8, 4) is 5.69 Å². The first-order valence-corrected chi connectivity index (χ1v) is 4.69. The Labute approximate surface area is 95.5 Å². The maximum atomic E-state index is 10.5. The van der Waals surface area contributed by atoms with Crippen LogP contribution in [0, 0.1) is 0 Å². The van der Waals surface area contributed by atoms with E-state index in [4.69, 9.17) is 5.11 Å². The third-order valence-corrected chi connectivity index (χ3v) is 2.07. The zero-order chi connectivity index (χ0) is 11.5. The summed E-state index contributed by atoms with van der Waals surface area (Å²) in [4.78, 5) is 10.5. The van der Waals surface area contributed by atoms with E-state index in [1.54, 1.807) is 24.3 Å². The molecule has 0 saturated carbocycles. The van der Waals surface area contributed by atoms with Gasteiger partial charge in [0, 0.05) is 5.69 Å². The minimum absolute atomic E-state index is 0.326. The Hall–Kier alpha value is -2.09. The molecule has 1 heterocycles. The molecule has 7 nitrogen and oxygen atoms in total. The molecule has 0 aliphatic rings. The highest BCUT2D eigenvalue weighted by Gasteiger charge is 2.05. The summed E-state index contributed by atoms with van der Waals surface area (Å²) in [7, 11) is 0. The van der Waals surface area contributed by atoms with E-state index >= 15 is 0 Å². The summed E-state index contributed by atoms with van der Waals surface area (Å²) in [5.74, 6) is 0. The minimum Gasteiger partial charge on any atom is -0.465 e. The van der Waals surface area contributed by atoms with Crippen molar-refractivity contribution in [1.29, 1.82) is 0 Å². The van der Waals surface area contributed by atoms with Crippen LogP contribution >= 0.6 is 12.6 Å². The monoisotopic (exact) mass is 237 g/mol. The number of carbonyl (C=O) groups is 1. The first-order valence-electron chi connectivity index (χ1n) is 4.24. The van der Waals surface area contributed by atoms with Gasteiger partial charge in [-0.15, -0.1) is 17.7 Å². The molecule has 2 aromatic rings. The van der Waals surface area contributed by atoms with Crippen molar-refractivity contribution in [2.75, 3.05) is 5.32 Å². The van der Waals surface area contributed by atoms with E-state index in [9.17, 15) is 4.79 Å². The molecule has 0 saturated heterocycles. The number of nitrogens with zero attached hydrogens (tertiary/aromatic N) is 4. The van der Waals surface area contributed by atoms with Gasteiger partial charge in [-0.2, -0.15) is 4.68 Å². The Balaban J connectivity index is 2.36. The fraction of sp³-hybridized carbons (Fsp3) is 0. The maximum Gasteiger partial charge on any atom is 0.409 e. The first-order chi connectivity index (χ1) is 7.66. The van der Waals surface area contributed by atoms with Crippen LogP contribution in [-0.2, 0) is 0 Å². The minimum atomic E-state index is -1.13. The number of thiol groups is 1. The lowest BCUT2D eigenvalue weighted by molar-refractivity contribution is 0.210. The topological polar surface area (TPSA) is 92.9 Å². The summed E-state index contributed by atoms with van der Waals surface area (Å²) in [5, 5.41) is 21.9. The number of amides is 1. The quantitative estimate of drug-likeness (QED) is 0.678. The largest absolute Gasteiger partial charge is 0.465 e. The molecule has 1 aromatic heterocycles. The molecule has 8 heteroatoms. The fourth-order valence-corrected chi connectivity index (χ4v) is 1.38. The van der Waals surface area contributed by atoms with Crippen LogP contribution in [-0.4, -0.2) is 31.4 Å². The normalized spacial score (nSPS) is 10.1. The Morgan fingerprint density at radius 2 is 2.31 bits per heavy atom. The Bertz CT molecular complexity index is 527. The van der Waals surface area contributed by atoms with Gasteiger partial charge in [0.15, 0.2) is 0 Å². The Morgan fingerprint density at radius 1 is 1.50 bits per heavy atom. The molecule has 2 rings (SSSR count). The van der Waals surface area contributed by atoms with Gasteiger partial charge in [0.05, 0.1) is 5.69 Å². The highest BCUT2D eigenvalue weighted by molar-refractivity contribution is 7.80. The number of carboxylic acid groups (broad SMARTS) is 1.